The Morgan fingerprint density at radius 2 is 1.78 bits per heavy atom. The summed E-state index contributed by atoms with van der Waals surface area (Å²) in [6.07, 6.45) is 6.82. The molecule has 0 saturated heterocycles. The van der Waals surface area contributed by atoms with Gasteiger partial charge in [-0.3, -0.25) is 9.69 Å². The highest BCUT2D eigenvalue weighted by Crippen LogP contribution is 2.33. The zero-order valence-corrected chi connectivity index (χ0v) is 21.6. The molecule has 1 saturated carbocycles. The summed E-state index contributed by atoms with van der Waals surface area (Å²) in [6.45, 7) is 7.54. The largest absolute Gasteiger partial charge is 0.321 e. The number of aromatic amines is 1. The number of H-pyrrole nitrogens is 1. The van der Waals surface area contributed by atoms with Crippen LogP contribution < -0.4 is 5.56 Å². The van der Waals surface area contributed by atoms with Crippen LogP contribution >= 0.6 is 0 Å². The van der Waals surface area contributed by atoms with Crippen LogP contribution in [0.2, 0.25) is 0 Å². The molecule has 1 N–H and O–H groups in total. The van der Waals surface area contributed by atoms with Crippen LogP contribution in [0.25, 0.3) is 10.9 Å². The van der Waals surface area contributed by atoms with Gasteiger partial charge in [-0.1, -0.05) is 68.7 Å². The molecular formula is C29H36N6O. The number of nitrogens with zero attached hydrogens (tertiary/aromatic N) is 5. The Kier molecular flexibility index (Phi) is 7.28. The first-order valence-electron chi connectivity index (χ1n) is 13.2. The number of nitrogens with one attached hydrogen (secondary N) is 1. The molecule has 0 unspecified atom stereocenters. The van der Waals surface area contributed by atoms with Crippen molar-refractivity contribution in [1.29, 1.82) is 0 Å². The van der Waals surface area contributed by atoms with Crippen molar-refractivity contribution in [2.45, 2.75) is 84.5 Å². The Hall–Kier alpha value is -3.32. The van der Waals surface area contributed by atoms with E-state index in [1.54, 1.807) is 0 Å². The van der Waals surface area contributed by atoms with Crippen molar-refractivity contribution in [2.75, 3.05) is 0 Å². The summed E-state index contributed by atoms with van der Waals surface area (Å²) in [4.78, 5) is 18.8. The summed E-state index contributed by atoms with van der Waals surface area (Å²) >= 11 is 0. The van der Waals surface area contributed by atoms with Crippen molar-refractivity contribution in [3.8, 4) is 0 Å². The van der Waals surface area contributed by atoms with E-state index in [2.05, 4.69) is 86.4 Å². The van der Waals surface area contributed by atoms with E-state index in [9.17, 15) is 4.79 Å². The fourth-order valence-electron chi connectivity index (χ4n) is 5.66. The zero-order chi connectivity index (χ0) is 25.1. The molecule has 1 fully saturated rings. The SMILES string of the molecule is CC[C@H](c1nnnn1C1CCCCC1)N(Cc1ccccc1)Cc1cc2c(C)ccc(C)c2[nH]c1=O. The normalized spacial score (nSPS) is 15.6. The molecular weight excluding hydrogens is 448 g/mol. The number of hydrogen-bond acceptors (Lipinski definition) is 5. The molecule has 0 radical (unpaired) electrons. The van der Waals surface area contributed by atoms with E-state index in [0.717, 1.165) is 52.7 Å². The van der Waals surface area contributed by atoms with Gasteiger partial charge in [0, 0.05) is 24.0 Å². The van der Waals surface area contributed by atoms with E-state index in [-0.39, 0.29) is 11.6 Å². The lowest BCUT2D eigenvalue weighted by Gasteiger charge is -2.32. The van der Waals surface area contributed by atoms with Crippen molar-refractivity contribution in [2.24, 2.45) is 0 Å². The summed E-state index contributed by atoms with van der Waals surface area (Å²) in [6, 6.07) is 17.1. The van der Waals surface area contributed by atoms with Gasteiger partial charge in [-0.2, -0.15) is 0 Å². The Balaban J connectivity index is 1.54. The molecule has 1 aliphatic carbocycles. The summed E-state index contributed by atoms with van der Waals surface area (Å²) in [5, 5.41) is 14.2. The Bertz CT molecular complexity index is 1370. The average Bonchev–Trinajstić information content (AvgIpc) is 3.38. The summed E-state index contributed by atoms with van der Waals surface area (Å²) < 4.78 is 2.07. The van der Waals surface area contributed by atoms with Gasteiger partial charge in [-0.05, 0) is 66.3 Å². The number of hydrogen-bond donors (Lipinski definition) is 1. The minimum Gasteiger partial charge on any atom is -0.321 e. The second-order valence-corrected chi connectivity index (χ2v) is 10.2. The van der Waals surface area contributed by atoms with Gasteiger partial charge in [0.2, 0.25) is 0 Å². The van der Waals surface area contributed by atoms with Gasteiger partial charge in [-0.25, -0.2) is 4.68 Å². The van der Waals surface area contributed by atoms with Crippen LogP contribution in [0.15, 0.2) is 53.3 Å². The lowest BCUT2D eigenvalue weighted by atomic mass is 9.95. The number of aromatic nitrogens is 5. The molecule has 1 atom stereocenters. The van der Waals surface area contributed by atoms with E-state index in [0.29, 0.717) is 19.1 Å². The van der Waals surface area contributed by atoms with Gasteiger partial charge < -0.3 is 4.98 Å². The van der Waals surface area contributed by atoms with Crippen molar-refractivity contribution in [3.63, 3.8) is 0 Å². The zero-order valence-electron chi connectivity index (χ0n) is 21.6. The van der Waals surface area contributed by atoms with E-state index in [1.807, 2.05) is 13.0 Å². The lowest BCUT2D eigenvalue weighted by molar-refractivity contribution is 0.155. The minimum atomic E-state index is -0.0315. The van der Waals surface area contributed by atoms with Gasteiger partial charge in [0.1, 0.15) is 0 Å². The molecule has 2 aromatic carbocycles. The van der Waals surface area contributed by atoms with Gasteiger partial charge in [0.05, 0.1) is 17.6 Å². The highest BCUT2D eigenvalue weighted by atomic mass is 16.1. The van der Waals surface area contributed by atoms with Crippen LogP contribution in [-0.4, -0.2) is 30.1 Å². The first-order valence-corrected chi connectivity index (χ1v) is 13.2. The molecule has 7 nitrogen and oxygen atoms in total. The van der Waals surface area contributed by atoms with Crippen LogP contribution in [0, 0.1) is 13.8 Å². The van der Waals surface area contributed by atoms with Crippen molar-refractivity contribution in [1.82, 2.24) is 30.1 Å². The molecule has 0 aliphatic heterocycles. The maximum Gasteiger partial charge on any atom is 0.252 e. The minimum absolute atomic E-state index is 0.00386. The Morgan fingerprint density at radius 3 is 2.53 bits per heavy atom. The first kappa shape index (κ1) is 24.4. The molecule has 0 amide bonds. The van der Waals surface area contributed by atoms with Crippen LogP contribution in [0.1, 0.15) is 85.6 Å². The third kappa shape index (κ3) is 4.98. The third-order valence-electron chi connectivity index (χ3n) is 7.69. The fraction of sp³-hybridized carbons (Fsp3) is 0.448. The molecule has 2 aromatic heterocycles. The van der Waals surface area contributed by atoms with Crippen molar-refractivity contribution < 1.29 is 0 Å². The summed E-state index contributed by atoms with van der Waals surface area (Å²) in [5.41, 5.74) is 5.11. The number of fused-ring (bicyclic) bond motifs is 1. The number of aryl methyl sites for hydroxylation is 2. The summed E-state index contributed by atoms with van der Waals surface area (Å²) in [5.74, 6) is 0.907. The molecule has 7 heteroatoms. The maximum absolute atomic E-state index is 13.3. The van der Waals surface area contributed by atoms with Gasteiger partial charge in [0.25, 0.3) is 5.56 Å². The lowest BCUT2D eigenvalue weighted by Crippen LogP contribution is -2.33. The number of tetrazole rings is 1. The Morgan fingerprint density at radius 1 is 1.03 bits per heavy atom. The molecule has 188 valence electrons. The third-order valence-corrected chi connectivity index (χ3v) is 7.69. The van der Waals surface area contributed by atoms with E-state index < -0.39 is 0 Å². The number of benzene rings is 2. The van der Waals surface area contributed by atoms with E-state index in [4.69, 9.17) is 0 Å². The molecule has 0 spiro atoms. The predicted molar refractivity (Wildman–Crippen MR) is 143 cm³/mol. The van der Waals surface area contributed by atoms with Crippen LogP contribution in [0.5, 0.6) is 0 Å². The number of pyridine rings is 1. The highest BCUT2D eigenvalue weighted by molar-refractivity contribution is 5.85. The molecule has 4 aromatic rings. The van der Waals surface area contributed by atoms with Crippen molar-refractivity contribution in [3.05, 3.63) is 87.0 Å². The predicted octanol–water partition coefficient (Wildman–Crippen LogP) is 5.79. The molecule has 1 aliphatic rings. The first-order chi connectivity index (χ1) is 17.5. The number of rotatable bonds is 8. The molecule has 0 bridgehead atoms. The molecule has 2 heterocycles. The monoisotopic (exact) mass is 484 g/mol. The van der Waals surface area contributed by atoms with Crippen LogP contribution in [0.4, 0.5) is 0 Å². The Labute approximate surface area is 212 Å². The molecule has 5 rings (SSSR count). The van der Waals surface area contributed by atoms with Crippen LogP contribution in [0.3, 0.4) is 0 Å². The van der Waals surface area contributed by atoms with E-state index in [1.165, 1.54) is 24.8 Å². The standard InChI is InChI=1S/C29H36N6O/c1-4-26(28-31-32-33-35(28)24-13-9-6-10-14-24)34(18-22-11-7-5-8-12-22)19-23-17-25-20(2)15-16-21(3)27(25)30-29(23)36/h5,7-8,11-12,15-17,24,26H,4,6,9-10,13-14,18-19H2,1-3H3,(H,30,36)/t26-/m1/s1. The van der Waals surface area contributed by atoms with Gasteiger partial charge in [0.15, 0.2) is 5.82 Å². The van der Waals surface area contributed by atoms with E-state index >= 15 is 0 Å². The van der Waals surface area contributed by atoms with Gasteiger partial charge in [-0.15, -0.1) is 5.10 Å². The van der Waals surface area contributed by atoms with Crippen molar-refractivity contribution >= 4 is 10.9 Å². The van der Waals surface area contributed by atoms with Crippen LogP contribution in [-0.2, 0) is 13.1 Å². The smallest absolute Gasteiger partial charge is 0.252 e. The topological polar surface area (TPSA) is 79.7 Å². The quantitative estimate of drug-likeness (QED) is 0.342. The highest BCUT2D eigenvalue weighted by Gasteiger charge is 2.29. The maximum atomic E-state index is 13.3. The molecule has 36 heavy (non-hydrogen) atoms. The second kappa shape index (κ2) is 10.7. The average molecular weight is 485 g/mol. The summed E-state index contributed by atoms with van der Waals surface area (Å²) in [7, 11) is 0. The van der Waals surface area contributed by atoms with Gasteiger partial charge >= 0.3 is 0 Å². The fourth-order valence-corrected chi connectivity index (χ4v) is 5.66. The second-order valence-electron chi connectivity index (χ2n) is 10.2.